The van der Waals surface area contributed by atoms with Crippen molar-refractivity contribution in [3.63, 3.8) is 0 Å². The van der Waals surface area contributed by atoms with Crippen molar-refractivity contribution >= 4 is 5.97 Å². The molecule has 3 atom stereocenters. The van der Waals surface area contributed by atoms with E-state index >= 15 is 0 Å². The first-order valence-corrected chi connectivity index (χ1v) is 6.90. The van der Waals surface area contributed by atoms with Gasteiger partial charge in [0.1, 0.15) is 0 Å². The number of hydrogen-bond acceptors (Lipinski definition) is 3. The lowest BCUT2D eigenvalue weighted by atomic mass is 9.63. The number of hydrogen-bond donors (Lipinski definition) is 1. The van der Waals surface area contributed by atoms with Gasteiger partial charge in [-0.05, 0) is 49.9 Å². The molecule has 98 valence electrons. The molecular weight excluding hydrogens is 214 g/mol. The summed E-state index contributed by atoms with van der Waals surface area (Å²) in [4.78, 5) is 11.6. The molecule has 2 N–H and O–H groups in total. The third kappa shape index (κ3) is 2.82. The minimum atomic E-state index is -0.0984. The van der Waals surface area contributed by atoms with Gasteiger partial charge in [0.2, 0.25) is 0 Å². The first-order chi connectivity index (χ1) is 8.07. The second kappa shape index (κ2) is 4.97. The standard InChI is InChI=1S/C14H25NO2/c1-10(15)14(9-13(16)17-2)7-3-4-12(8-14)11-5-6-11/h10-12H,3-9,15H2,1-2H3. The van der Waals surface area contributed by atoms with Gasteiger partial charge in [-0.3, -0.25) is 4.79 Å². The highest BCUT2D eigenvalue weighted by atomic mass is 16.5. The summed E-state index contributed by atoms with van der Waals surface area (Å²) in [6.45, 7) is 2.05. The van der Waals surface area contributed by atoms with Crippen molar-refractivity contribution in [1.82, 2.24) is 0 Å². The molecule has 0 aromatic heterocycles. The number of carbonyl (C=O) groups excluding carboxylic acids is 1. The highest BCUT2D eigenvalue weighted by Crippen LogP contribution is 2.51. The van der Waals surface area contributed by atoms with Crippen LogP contribution in [0.1, 0.15) is 51.9 Å². The number of nitrogens with two attached hydrogens (primary N) is 1. The number of methoxy groups -OCH3 is 1. The van der Waals surface area contributed by atoms with E-state index < -0.39 is 0 Å². The van der Waals surface area contributed by atoms with Crippen LogP contribution in [0.15, 0.2) is 0 Å². The minimum absolute atomic E-state index is 0.00139. The van der Waals surface area contributed by atoms with Crippen LogP contribution in [0.5, 0.6) is 0 Å². The first-order valence-electron chi connectivity index (χ1n) is 6.90. The van der Waals surface area contributed by atoms with Crippen LogP contribution in [0.3, 0.4) is 0 Å². The summed E-state index contributed by atoms with van der Waals surface area (Å²) >= 11 is 0. The van der Waals surface area contributed by atoms with E-state index in [0.717, 1.165) is 24.7 Å². The molecule has 2 rings (SSSR count). The average Bonchev–Trinajstić information content (AvgIpc) is 3.13. The molecule has 0 bridgehead atoms. The van der Waals surface area contributed by atoms with Crippen molar-refractivity contribution in [2.24, 2.45) is 23.0 Å². The number of rotatable bonds is 4. The Kier molecular flexibility index (Phi) is 3.76. The molecule has 17 heavy (non-hydrogen) atoms. The van der Waals surface area contributed by atoms with E-state index in [-0.39, 0.29) is 17.4 Å². The van der Waals surface area contributed by atoms with Crippen LogP contribution in [0.25, 0.3) is 0 Å². The van der Waals surface area contributed by atoms with E-state index in [4.69, 9.17) is 10.5 Å². The van der Waals surface area contributed by atoms with Crippen LogP contribution in [-0.2, 0) is 9.53 Å². The molecule has 3 unspecified atom stereocenters. The van der Waals surface area contributed by atoms with Gasteiger partial charge in [-0.1, -0.05) is 12.8 Å². The largest absolute Gasteiger partial charge is 0.469 e. The zero-order valence-electron chi connectivity index (χ0n) is 11.1. The molecule has 2 aliphatic carbocycles. The Hall–Kier alpha value is -0.570. The molecule has 0 aromatic rings. The lowest BCUT2D eigenvalue weighted by molar-refractivity contribution is -0.144. The normalized spacial score (nSPS) is 35.4. The van der Waals surface area contributed by atoms with Crippen molar-refractivity contribution in [3.05, 3.63) is 0 Å². The number of ether oxygens (including phenoxy) is 1. The Bertz CT molecular complexity index is 286. The molecule has 2 saturated carbocycles. The Balaban J connectivity index is 2.06. The lowest BCUT2D eigenvalue weighted by Gasteiger charge is -2.43. The molecular formula is C14H25NO2. The summed E-state index contributed by atoms with van der Waals surface area (Å²) in [5.74, 6) is 1.63. The van der Waals surface area contributed by atoms with Gasteiger partial charge in [-0.15, -0.1) is 0 Å². The van der Waals surface area contributed by atoms with E-state index in [1.807, 2.05) is 0 Å². The van der Waals surface area contributed by atoms with E-state index in [0.29, 0.717) is 6.42 Å². The lowest BCUT2D eigenvalue weighted by Crippen LogP contribution is -2.45. The highest BCUT2D eigenvalue weighted by Gasteiger charge is 2.45. The highest BCUT2D eigenvalue weighted by molar-refractivity contribution is 5.70. The van der Waals surface area contributed by atoms with Crippen molar-refractivity contribution in [1.29, 1.82) is 0 Å². The van der Waals surface area contributed by atoms with E-state index in [9.17, 15) is 4.79 Å². The fourth-order valence-electron chi connectivity index (χ4n) is 3.51. The zero-order chi connectivity index (χ0) is 12.5. The molecule has 0 heterocycles. The summed E-state index contributed by atoms with van der Waals surface area (Å²) < 4.78 is 4.85. The average molecular weight is 239 g/mol. The monoisotopic (exact) mass is 239 g/mol. The van der Waals surface area contributed by atoms with Crippen LogP contribution in [-0.4, -0.2) is 19.1 Å². The van der Waals surface area contributed by atoms with Gasteiger partial charge in [0.05, 0.1) is 13.5 Å². The summed E-state index contributed by atoms with van der Waals surface area (Å²) in [6.07, 6.45) is 8.05. The molecule has 3 heteroatoms. The van der Waals surface area contributed by atoms with Crippen molar-refractivity contribution in [3.8, 4) is 0 Å². The second-order valence-corrected chi connectivity index (χ2v) is 6.10. The Morgan fingerprint density at radius 1 is 1.41 bits per heavy atom. The van der Waals surface area contributed by atoms with Crippen LogP contribution >= 0.6 is 0 Å². The predicted molar refractivity (Wildman–Crippen MR) is 67.4 cm³/mol. The van der Waals surface area contributed by atoms with Gasteiger partial charge >= 0.3 is 5.97 Å². The van der Waals surface area contributed by atoms with Gasteiger partial charge in [0.25, 0.3) is 0 Å². The Morgan fingerprint density at radius 3 is 2.65 bits per heavy atom. The molecule has 2 fully saturated rings. The fraction of sp³-hybridized carbons (Fsp3) is 0.929. The van der Waals surface area contributed by atoms with E-state index in [1.54, 1.807) is 0 Å². The van der Waals surface area contributed by atoms with Crippen molar-refractivity contribution in [2.75, 3.05) is 7.11 Å². The number of esters is 1. The van der Waals surface area contributed by atoms with Crippen LogP contribution in [0.4, 0.5) is 0 Å². The minimum Gasteiger partial charge on any atom is -0.469 e. The van der Waals surface area contributed by atoms with Crippen LogP contribution in [0.2, 0.25) is 0 Å². The molecule has 0 aromatic carbocycles. The molecule has 0 aliphatic heterocycles. The van der Waals surface area contributed by atoms with Crippen molar-refractivity contribution in [2.45, 2.75) is 57.9 Å². The maximum atomic E-state index is 11.6. The second-order valence-electron chi connectivity index (χ2n) is 6.10. The molecule has 0 spiro atoms. The molecule has 0 saturated heterocycles. The molecule has 3 nitrogen and oxygen atoms in total. The van der Waals surface area contributed by atoms with E-state index in [1.165, 1.54) is 32.8 Å². The molecule has 0 amide bonds. The van der Waals surface area contributed by atoms with Gasteiger partial charge in [-0.2, -0.15) is 0 Å². The zero-order valence-corrected chi connectivity index (χ0v) is 11.1. The molecule has 2 aliphatic rings. The maximum absolute atomic E-state index is 11.6. The Labute approximate surface area is 104 Å². The summed E-state index contributed by atoms with van der Waals surface area (Å²) in [7, 11) is 1.47. The smallest absolute Gasteiger partial charge is 0.306 e. The van der Waals surface area contributed by atoms with Gasteiger partial charge < -0.3 is 10.5 Å². The predicted octanol–water partition coefficient (Wildman–Crippen LogP) is 2.48. The van der Waals surface area contributed by atoms with E-state index in [2.05, 4.69) is 6.92 Å². The topological polar surface area (TPSA) is 52.3 Å². The summed E-state index contributed by atoms with van der Waals surface area (Å²) in [5.41, 5.74) is 6.18. The van der Waals surface area contributed by atoms with Crippen LogP contribution < -0.4 is 5.73 Å². The van der Waals surface area contributed by atoms with Gasteiger partial charge in [-0.25, -0.2) is 0 Å². The quantitative estimate of drug-likeness (QED) is 0.767. The van der Waals surface area contributed by atoms with Crippen LogP contribution in [0, 0.1) is 17.3 Å². The van der Waals surface area contributed by atoms with Gasteiger partial charge in [0.15, 0.2) is 0 Å². The summed E-state index contributed by atoms with van der Waals surface area (Å²) in [5, 5.41) is 0. The van der Waals surface area contributed by atoms with Gasteiger partial charge in [0, 0.05) is 6.04 Å². The molecule has 0 radical (unpaired) electrons. The Morgan fingerprint density at radius 2 is 2.12 bits per heavy atom. The first kappa shape index (κ1) is 12.9. The fourth-order valence-corrected chi connectivity index (χ4v) is 3.51. The number of carbonyl (C=O) groups is 1. The SMILES string of the molecule is COC(=O)CC1(C(C)N)CCCC(C2CC2)C1. The summed E-state index contributed by atoms with van der Waals surface area (Å²) in [6, 6.07) is 0.0862. The third-order valence-corrected chi connectivity index (χ3v) is 4.90. The third-order valence-electron chi connectivity index (χ3n) is 4.90. The van der Waals surface area contributed by atoms with Crippen molar-refractivity contribution < 1.29 is 9.53 Å². The maximum Gasteiger partial charge on any atom is 0.306 e.